The average molecular weight is 206 g/mol. The van der Waals surface area contributed by atoms with Crippen LogP contribution in [0.4, 0.5) is 0 Å². The van der Waals surface area contributed by atoms with Gasteiger partial charge >= 0.3 is 5.97 Å². The predicted molar refractivity (Wildman–Crippen MR) is 58.9 cm³/mol. The molecule has 15 heavy (non-hydrogen) atoms. The molecule has 0 spiro atoms. The maximum Gasteiger partial charge on any atom is 0.307 e. The van der Waals surface area contributed by atoms with E-state index in [-0.39, 0.29) is 6.42 Å². The monoisotopic (exact) mass is 206 g/mol. The Labute approximate surface area is 89.0 Å². The summed E-state index contributed by atoms with van der Waals surface area (Å²) in [6, 6.07) is 7.48. The Hall–Kier alpha value is -1.77. The average Bonchev–Trinajstić information content (AvgIpc) is 2.17. The van der Waals surface area contributed by atoms with Crippen LogP contribution < -0.4 is 4.74 Å². The van der Waals surface area contributed by atoms with Crippen LogP contribution in [0.3, 0.4) is 0 Å². The van der Waals surface area contributed by atoms with Gasteiger partial charge in [0, 0.05) is 0 Å². The van der Waals surface area contributed by atoms with Gasteiger partial charge in [0.2, 0.25) is 0 Å². The highest BCUT2D eigenvalue weighted by atomic mass is 16.5. The zero-order valence-electron chi connectivity index (χ0n) is 8.86. The molecule has 0 unspecified atom stereocenters. The van der Waals surface area contributed by atoms with Crippen molar-refractivity contribution in [3.8, 4) is 5.75 Å². The highest BCUT2D eigenvalue weighted by molar-refractivity contribution is 5.72. The first kappa shape index (κ1) is 11.3. The van der Waals surface area contributed by atoms with E-state index in [1.165, 1.54) is 0 Å². The summed E-state index contributed by atoms with van der Waals surface area (Å²) in [5, 5.41) is 8.58. The molecule has 0 fully saturated rings. The van der Waals surface area contributed by atoms with Crippen LogP contribution in [-0.4, -0.2) is 18.2 Å². The van der Waals surface area contributed by atoms with Gasteiger partial charge in [-0.2, -0.15) is 0 Å². The summed E-state index contributed by atoms with van der Waals surface area (Å²) in [5.41, 5.74) is 1.81. The molecule has 0 aliphatic carbocycles. The van der Waals surface area contributed by atoms with Gasteiger partial charge in [0.25, 0.3) is 0 Å². The van der Waals surface area contributed by atoms with E-state index < -0.39 is 5.97 Å². The largest absolute Gasteiger partial charge is 0.497 e. The van der Waals surface area contributed by atoms with Gasteiger partial charge in [-0.1, -0.05) is 23.8 Å². The molecule has 0 saturated heterocycles. The number of aliphatic carboxylic acids is 1. The highest BCUT2D eigenvalue weighted by Gasteiger charge is 1.98. The van der Waals surface area contributed by atoms with Gasteiger partial charge in [0.1, 0.15) is 5.75 Å². The number of carboxylic acid groups (broad SMARTS) is 1. The fourth-order valence-corrected chi connectivity index (χ4v) is 1.27. The van der Waals surface area contributed by atoms with E-state index in [0.717, 1.165) is 16.9 Å². The fraction of sp³-hybridized carbons (Fsp3) is 0.250. The number of hydrogen-bond donors (Lipinski definition) is 1. The minimum absolute atomic E-state index is 0.0754. The third-order valence-electron chi connectivity index (χ3n) is 1.96. The molecule has 1 rings (SSSR count). The predicted octanol–water partition coefficient (Wildman–Crippen LogP) is 2.57. The molecule has 0 radical (unpaired) electrons. The Balaban J connectivity index is 2.75. The molecule has 1 N–H and O–H groups in total. The Kier molecular flexibility index (Phi) is 3.92. The van der Waals surface area contributed by atoms with Crippen molar-refractivity contribution in [2.75, 3.05) is 7.11 Å². The zero-order valence-corrected chi connectivity index (χ0v) is 8.86. The number of rotatable bonds is 4. The molecule has 0 bridgehead atoms. The second-order valence-corrected chi connectivity index (χ2v) is 3.33. The molecule has 0 heterocycles. The highest BCUT2D eigenvalue weighted by Crippen LogP contribution is 2.14. The SMILES string of the molecule is COc1ccc(/C=C(\C)CC(=O)O)cc1. The fourth-order valence-electron chi connectivity index (χ4n) is 1.27. The van der Waals surface area contributed by atoms with Gasteiger partial charge < -0.3 is 9.84 Å². The number of methoxy groups -OCH3 is 1. The summed E-state index contributed by atoms with van der Waals surface area (Å²) in [5.74, 6) is -0.0136. The lowest BCUT2D eigenvalue weighted by atomic mass is 10.1. The van der Waals surface area contributed by atoms with Crippen molar-refractivity contribution in [3.63, 3.8) is 0 Å². The minimum Gasteiger partial charge on any atom is -0.497 e. The van der Waals surface area contributed by atoms with Crippen molar-refractivity contribution < 1.29 is 14.6 Å². The van der Waals surface area contributed by atoms with Crippen molar-refractivity contribution in [1.82, 2.24) is 0 Å². The smallest absolute Gasteiger partial charge is 0.307 e. The molecule has 0 amide bonds. The van der Waals surface area contributed by atoms with Crippen molar-refractivity contribution >= 4 is 12.0 Å². The number of carbonyl (C=O) groups is 1. The summed E-state index contributed by atoms with van der Waals surface area (Å²) >= 11 is 0. The lowest BCUT2D eigenvalue weighted by Gasteiger charge is -2.00. The number of carboxylic acids is 1. The molecule has 0 aliphatic rings. The first-order chi connectivity index (χ1) is 7.11. The maximum absolute atomic E-state index is 10.4. The molecule has 0 saturated carbocycles. The van der Waals surface area contributed by atoms with Gasteiger partial charge in [-0.3, -0.25) is 4.79 Å². The van der Waals surface area contributed by atoms with Crippen molar-refractivity contribution in [2.45, 2.75) is 13.3 Å². The summed E-state index contributed by atoms with van der Waals surface area (Å²) in [7, 11) is 1.61. The summed E-state index contributed by atoms with van der Waals surface area (Å²) in [6.45, 7) is 1.80. The van der Waals surface area contributed by atoms with Gasteiger partial charge in [0.05, 0.1) is 13.5 Å². The van der Waals surface area contributed by atoms with E-state index in [4.69, 9.17) is 9.84 Å². The van der Waals surface area contributed by atoms with Crippen molar-refractivity contribution in [2.24, 2.45) is 0 Å². The van der Waals surface area contributed by atoms with E-state index in [0.29, 0.717) is 0 Å². The molecule has 0 atom stereocenters. The van der Waals surface area contributed by atoms with Crippen LogP contribution in [0, 0.1) is 0 Å². The maximum atomic E-state index is 10.4. The van der Waals surface area contributed by atoms with Gasteiger partial charge in [-0.05, 0) is 24.6 Å². The van der Waals surface area contributed by atoms with Crippen LogP contribution in [0.2, 0.25) is 0 Å². The summed E-state index contributed by atoms with van der Waals surface area (Å²) in [6.07, 6.45) is 1.93. The molecular formula is C12H14O3. The van der Waals surface area contributed by atoms with Gasteiger partial charge in [0.15, 0.2) is 0 Å². The zero-order chi connectivity index (χ0) is 11.3. The van der Waals surface area contributed by atoms with Crippen LogP contribution in [0.25, 0.3) is 6.08 Å². The van der Waals surface area contributed by atoms with Gasteiger partial charge in [-0.25, -0.2) is 0 Å². The second-order valence-electron chi connectivity index (χ2n) is 3.33. The molecule has 3 heteroatoms. The minimum atomic E-state index is -0.808. The lowest BCUT2D eigenvalue weighted by Crippen LogP contribution is -1.94. The van der Waals surface area contributed by atoms with E-state index in [1.807, 2.05) is 30.3 Å². The van der Waals surface area contributed by atoms with E-state index in [1.54, 1.807) is 14.0 Å². The van der Waals surface area contributed by atoms with Crippen LogP contribution in [0.1, 0.15) is 18.9 Å². The van der Waals surface area contributed by atoms with Crippen molar-refractivity contribution in [1.29, 1.82) is 0 Å². The van der Waals surface area contributed by atoms with Gasteiger partial charge in [-0.15, -0.1) is 0 Å². The topological polar surface area (TPSA) is 46.5 Å². The molecule has 3 nitrogen and oxygen atoms in total. The van der Waals surface area contributed by atoms with Crippen LogP contribution in [0.15, 0.2) is 29.8 Å². The molecule has 1 aromatic carbocycles. The molecule has 0 aliphatic heterocycles. The van der Waals surface area contributed by atoms with E-state index in [2.05, 4.69) is 0 Å². The van der Waals surface area contributed by atoms with Crippen LogP contribution >= 0.6 is 0 Å². The third kappa shape index (κ3) is 3.85. The summed E-state index contributed by atoms with van der Waals surface area (Å²) in [4.78, 5) is 10.4. The van der Waals surface area contributed by atoms with E-state index >= 15 is 0 Å². The Morgan fingerprint density at radius 2 is 2.00 bits per heavy atom. The third-order valence-corrected chi connectivity index (χ3v) is 1.96. The standard InChI is InChI=1S/C12H14O3/c1-9(8-12(13)14)7-10-3-5-11(15-2)6-4-10/h3-7H,8H2,1-2H3,(H,13,14)/b9-7+. The van der Waals surface area contributed by atoms with Crippen LogP contribution in [-0.2, 0) is 4.79 Å². The lowest BCUT2D eigenvalue weighted by molar-refractivity contribution is -0.136. The molecular weight excluding hydrogens is 192 g/mol. The molecule has 1 aromatic rings. The summed E-state index contributed by atoms with van der Waals surface area (Å²) < 4.78 is 5.02. The Bertz CT molecular complexity index is 363. The second kappa shape index (κ2) is 5.20. The van der Waals surface area contributed by atoms with Crippen LogP contribution in [0.5, 0.6) is 5.75 Å². The Morgan fingerprint density at radius 3 is 2.47 bits per heavy atom. The number of hydrogen-bond acceptors (Lipinski definition) is 2. The number of ether oxygens (including phenoxy) is 1. The first-order valence-electron chi connectivity index (χ1n) is 4.65. The Morgan fingerprint density at radius 1 is 1.40 bits per heavy atom. The van der Waals surface area contributed by atoms with Crippen molar-refractivity contribution in [3.05, 3.63) is 35.4 Å². The van der Waals surface area contributed by atoms with E-state index in [9.17, 15) is 4.79 Å². The first-order valence-corrected chi connectivity index (χ1v) is 4.65. The molecule has 80 valence electrons. The molecule has 0 aromatic heterocycles. The normalized spacial score (nSPS) is 11.2. The quantitative estimate of drug-likeness (QED) is 0.823. The number of benzene rings is 1.